The van der Waals surface area contributed by atoms with Crippen molar-refractivity contribution >= 4 is 5.91 Å². The third-order valence-corrected chi connectivity index (χ3v) is 4.60. The zero-order valence-electron chi connectivity index (χ0n) is 14.5. The monoisotopic (exact) mass is 381 g/mol. The number of aromatic nitrogens is 1. The molecule has 1 aliphatic heterocycles. The molecule has 2 heterocycles. The zero-order chi connectivity index (χ0) is 19.4. The van der Waals surface area contributed by atoms with Crippen LogP contribution in [0.1, 0.15) is 21.6 Å². The highest BCUT2D eigenvalue weighted by atomic mass is 19.4. The van der Waals surface area contributed by atoms with Crippen molar-refractivity contribution in [2.45, 2.75) is 12.6 Å². The van der Waals surface area contributed by atoms with Crippen molar-refractivity contribution in [3.63, 3.8) is 0 Å². The third kappa shape index (κ3) is 5.03. The molecule has 1 aliphatic rings. The molecular weight excluding hydrogens is 362 g/mol. The van der Waals surface area contributed by atoms with Crippen LogP contribution in [0.3, 0.4) is 0 Å². The van der Waals surface area contributed by atoms with Crippen molar-refractivity contribution in [3.05, 3.63) is 65.2 Å². The molecule has 4 nitrogen and oxygen atoms in total. The second kappa shape index (κ2) is 8.04. The summed E-state index contributed by atoms with van der Waals surface area (Å²) in [5, 5.41) is 0. The minimum Gasteiger partial charge on any atom is -0.335 e. The minimum atomic E-state index is -4.47. The lowest BCUT2D eigenvalue weighted by molar-refractivity contribution is -0.137. The Labute approximate surface area is 154 Å². The second-order valence-electron chi connectivity index (χ2n) is 6.44. The van der Waals surface area contributed by atoms with Gasteiger partial charge in [0.15, 0.2) is 0 Å². The van der Waals surface area contributed by atoms with E-state index >= 15 is 0 Å². The fourth-order valence-electron chi connectivity index (χ4n) is 2.96. The second-order valence-corrected chi connectivity index (χ2v) is 6.44. The standard InChI is InChI=1S/C19H19F4N3O/c20-16-4-1-14(2-5-16)7-8-25-9-11-26(12-10-25)18(27)17-6-3-15(13-24-17)19(21,22)23/h1-6,13H,7-12H2. The molecule has 0 atom stereocenters. The van der Waals surface area contributed by atoms with Crippen LogP contribution in [0.5, 0.6) is 0 Å². The van der Waals surface area contributed by atoms with Crippen molar-refractivity contribution < 1.29 is 22.4 Å². The first kappa shape index (κ1) is 19.3. The Kier molecular flexibility index (Phi) is 5.74. The van der Waals surface area contributed by atoms with E-state index in [-0.39, 0.29) is 17.4 Å². The lowest BCUT2D eigenvalue weighted by atomic mass is 10.1. The summed E-state index contributed by atoms with van der Waals surface area (Å²) in [6.45, 7) is 3.13. The Morgan fingerprint density at radius 2 is 1.67 bits per heavy atom. The summed E-state index contributed by atoms with van der Waals surface area (Å²) in [7, 11) is 0. The summed E-state index contributed by atoms with van der Waals surface area (Å²) in [6, 6.07) is 8.37. The number of piperazine rings is 1. The van der Waals surface area contributed by atoms with Gasteiger partial charge in [0.2, 0.25) is 0 Å². The van der Waals surface area contributed by atoms with Crippen LogP contribution in [0.15, 0.2) is 42.6 Å². The van der Waals surface area contributed by atoms with Crippen molar-refractivity contribution in [2.24, 2.45) is 0 Å². The fraction of sp³-hybridized carbons (Fsp3) is 0.368. The van der Waals surface area contributed by atoms with Crippen molar-refractivity contribution in [2.75, 3.05) is 32.7 Å². The first-order chi connectivity index (χ1) is 12.8. The fourth-order valence-corrected chi connectivity index (χ4v) is 2.96. The zero-order valence-corrected chi connectivity index (χ0v) is 14.5. The number of hydrogen-bond acceptors (Lipinski definition) is 3. The number of nitrogens with zero attached hydrogens (tertiary/aromatic N) is 3. The van der Waals surface area contributed by atoms with Crippen LogP contribution in [-0.4, -0.2) is 53.4 Å². The SMILES string of the molecule is O=C(c1ccc(C(F)(F)F)cn1)N1CCN(CCc2ccc(F)cc2)CC1. The molecule has 0 unspecified atom stereocenters. The average molecular weight is 381 g/mol. The van der Waals surface area contributed by atoms with E-state index in [9.17, 15) is 22.4 Å². The molecule has 0 N–H and O–H groups in total. The molecule has 1 aromatic carbocycles. The number of alkyl halides is 3. The lowest BCUT2D eigenvalue weighted by Gasteiger charge is -2.34. The van der Waals surface area contributed by atoms with Gasteiger partial charge >= 0.3 is 6.18 Å². The molecule has 144 valence electrons. The molecule has 1 saturated heterocycles. The van der Waals surface area contributed by atoms with Gasteiger partial charge in [-0.15, -0.1) is 0 Å². The minimum absolute atomic E-state index is 0.0164. The van der Waals surface area contributed by atoms with E-state index in [2.05, 4.69) is 9.88 Å². The molecule has 1 aromatic heterocycles. The van der Waals surface area contributed by atoms with Crippen molar-refractivity contribution in [3.8, 4) is 0 Å². The van der Waals surface area contributed by atoms with Gasteiger partial charge in [-0.3, -0.25) is 14.7 Å². The first-order valence-electron chi connectivity index (χ1n) is 8.62. The van der Waals surface area contributed by atoms with Crippen LogP contribution in [0.2, 0.25) is 0 Å². The van der Waals surface area contributed by atoms with Crippen molar-refractivity contribution in [1.29, 1.82) is 0 Å². The van der Waals surface area contributed by atoms with Crippen LogP contribution in [0, 0.1) is 5.82 Å². The molecule has 2 aromatic rings. The summed E-state index contributed by atoms with van der Waals surface area (Å²) < 4.78 is 50.6. The smallest absolute Gasteiger partial charge is 0.335 e. The van der Waals surface area contributed by atoms with Gasteiger partial charge in [0.05, 0.1) is 5.56 Å². The van der Waals surface area contributed by atoms with Crippen molar-refractivity contribution in [1.82, 2.24) is 14.8 Å². The molecule has 0 radical (unpaired) electrons. The Morgan fingerprint density at radius 3 is 2.22 bits per heavy atom. The Bertz CT molecular complexity index is 767. The van der Waals surface area contributed by atoms with E-state index < -0.39 is 11.7 Å². The van der Waals surface area contributed by atoms with Gasteiger partial charge in [0, 0.05) is 38.9 Å². The molecule has 3 rings (SSSR count). The summed E-state index contributed by atoms with van der Waals surface area (Å²) in [6.07, 6.45) is -2.99. The summed E-state index contributed by atoms with van der Waals surface area (Å²) in [5.41, 5.74) is 0.191. The maximum absolute atomic E-state index is 12.9. The first-order valence-corrected chi connectivity index (χ1v) is 8.62. The molecule has 8 heteroatoms. The van der Waals surface area contributed by atoms with Gasteiger partial charge in [-0.1, -0.05) is 12.1 Å². The average Bonchev–Trinajstić information content (AvgIpc) is 2.67. The number of pyridine rings is 1. The number of hydrogen-bond donors (Lipinski definition) is 0. The van der Waals surface area contributed by atoms with E-state index in [1.165, 1.54) is 12.1 Å². The highest BCUT2D eigenvalue weighted by Crippen LogP contribution is 2.28. The maximum Gasteiger partial charge on any atom is 0.417 e. The predicted octanol–water partition coefficient (Wildman–Crippen LogP) is 3.24. The molecule has 27 heavy (non-hydrogen) atoms. The molecule has 0 aliphatic carbocycles. The third-order valence-electron chi connectivity index (χ3n) is 4.60. The van der Waals surface area contributed by atoms with Crippen LogP contribution in [0.25, 0.3) is 0 Å². The molecule has 0 saturated carbocycles. The summed E-state index contributed by atoms with van der Waals surface area (Å²) in [5.74, 6) is -0.621. The van der Waals surface area contributed by atoms with Gasteiger partial charge in [0.1, 0.15) is 11.5 Å². The largest absolute Gasteiger partial charge is 0.417 e. The highest BCUT2D eigenvalue weighted by molar-refractivity contribution is 5.92. The molecule has 0 spiro atoms. The maximum atomic E-state index is 12.9. The number of benzene rings is 1. The van der Waals surface area contributed by atoms with Gasteiger partial charge in [0.25, 0.3) is 5.91 Å². The van der Waals surface area contributed by atoms with Crippen LogP contribution in [0.4, 0.5) is 17.6 Å². The topological polar surface area (TPSA) is 36.4 Å². The van der Waals surface area contributed by atoms with E-state index in [1.54, 1.807) is 17.0 Å². The number of carbonyl (C=O) groups is 1. The Hall–Kier alpha value is -2.48. The van der Waals surface area contributed by atoms with Crippen LogP contribution in [-0.2, 0) is 12.6 Å². The Morgan fingerprint density at radius 1 is 1.00 bits per heavy atom. The predicted molar refractivity (Wildman–Crippen MR) is 91.7 cm³/mol. The molecule has 1 amide bonds. The van der Waals surface area contributed by atoms with E-state index in [0.717, 1.165) is 30.7 Å². The number of rotatable bonds is 4. The van der Waals surface area contributed by atoms with E-state index in [1.807, 2.05) is 0 Å². The normalized spacial score (nSPS) is 15.8. The Balaban J connectivity index is 1.49. The molecule has 1 fully saturated rings. The summed E-state index contributed by atoms with van der Waals surface area (Å²) in [4.78, 5) is 19.9. The highest BCUT2D eigenvalue weighted by Gasteiger charge is 2.31. The number of amides is 1. The number of halogens is 4. The van der Waals surface area contributed by atoms with Gasteiger partial charge in [-0.05, 0) is 36.2 Å². The van der Waals surface area contributed by atoms with Gasteiger partial charge in [-0.25, -0.2) is 4.39 Å². The van der Waals surface area contributed by atoms with Crippen LogP contribution >= 0.6 is 0 Å². The van der Waals surface area contributed by atoms with Gasteiger partial charge in [-0.2, -0.15) is 13.2 Å². The van der Waals surface area contributed by atoms with Crippen LogP contribution < -0.4 is 0 Å². The molecule has 0 bridgehead atoms. The van der Waals surface area contributed by atoms with E-state index in [4.69, 9.17) is 0 Å². The molecular formula is C19H19F4N3O. The van der Waals surface area contributed by atoms with Gasteiger partial charge < -0.3 is 4.90 Å². The van der Waals surface area contributed by atoms with E-state index in [0.29, 0.717) is 32.4 Å². The quantitative estimate of drug-likeness (QED) is 0.763. The lowest BCUT2D eigenvalue weighted by Crippen LogP contribution is -2.49. The summed E-state index contributed by atoms with van der Waals surface area (Å²) >= 11 is 0. The number of carbonyl (C=O) groups excluding carboxylic acids is 1.